The van der Waals surface area contributed by atoms with Gasteiger partial charge in [-0.15, -0.1) is 0 Å². The van der Waals surface area contributed by atoms with Crippen LogP contribution in [0.2, 0.25) is 0 Å². The van der Waals surface area contributed by atoms with Gasteiger partial charge in [0.25, 0.3) is 0 Å². The van der Waals surface area contributed by atoms with E-state index in [-0.39, 0.29) is 0 Å². The Hall–Kier alpha value is -2.85. The molecule has 0 aliphatic rings. The molecule has 0 aliphatic carbocycles. The molecule has 0 bridgehead atoms. The Morgan fingerprint density at radius 2 is 1.42 bits per heavy atom. The molecule has 0 radical (unpaired) electrons. The van der Waals surface area contributed by atoms with Gasteiger partial charge in [0.15, 0.2) is 5.11 Å². The topological polar surface area (TPSA) is 24.5 Å². The normalized spacial score (nSPS) is 10.2. The maximum absolute atomic E-state index is 5.81. The highest BCUT2D eigenvalue weighted by molar-refractivity contribution is 7.80. The third-order valence-electron chi connectivity index (χ3n) is 3.97. The Balaban J connectivity index is 1.59. The summed E-state index contributed by atoms with van der Waals surface area (Å²) in [5.74, 6) is 1.62. The zero-order valence-corrected chi connectivity index (χ0v) is 15.6. The van der Waals surface area contributed by atoms with E-state index in [1.165, 1.54) is 5.56 Å². The second-order valence-electron chi connectivity index (χ2n) is 5.87. The number of thiocarbonyl (C=S) groups is 1. The van der Waals surface area contributed by atoms with Crippen molar-refractivity contribution in [2.24, 2.45) is 0 Å². The fourth-order valence-electron chi connectivity index (χ4n) is 2.56. The molecule has 4 heteroatoms. The lowest BCUT2D eigenvalue weighted by molar-refractivity contribution is 0.442. The molecule has 0 saturated carbocycles. The number of benzene rings is 3. The first-order valence-electron chi connectivity index (χ1n) is 8.67. The summed E-state index contributed by atoms with van der Waals surface area (Å²) in [6.45, 7) is 3.74. The Morgan fingerprint density at radius 1 is 0.846 bits per heavy atom. The molecule has 132 valence electrons. The first-order valence-corrected chi connectivity index (χ1v) is 9.08. The van der Waals surface area contributed by atoms with Crippen LogP contribution in [0.3, 0.4) is 0 Å². The quantitative estimate of drug-likeness (QED) is 0.569. The number of hydrogen-bond acceptors (Lipinski definition) is 2. The summed E-state index contributed by atoms with van der Waals surface area (Å²) in [7, 11) is 0. The maximum atomic E-state index is 5.81. The van der Waals surface area contributed by atoms with Crippen molar-refractivity contribution in [3.05, 3.63) is 90.5 Å². The molecule has 0 heterocycles. The summed E-state index contributed by atoms with van der Waals surface area (Å²) < 4.78 is 5.81. The molecule has 3 nitrogen and oxygen atoms in total. The fourth-order valence-corrected chi connectivity index (χ4v) is 2.88. The van der Waals surface area contributed by atoms with Gasteiger partial charge in [-0.2, -0.15) is 0 Å². The molecule has 0 amide bonds. The number of nitrogens with zero attached hydrogens (tertiary/aromatic N) is 1. The van der Waals surface area contributed by atoms with Crippen molar-refractivity contribution in [2.75, 3.05) is 11.9 Å². The Bertz CT molecular complexity index is 820. The van der Waals surface area contributed by atoms with Crippen molar-refractivity contribution in [1.82, 2.24) is 4.90 Å². The monoisotopic (exact) mass is 362 g/mol. The number of hydrogen-bond donors (Lipinski definition) is 1. The third-order valence-corrected chi connectivity index (χ3v) is 4.33. The predicted molar refractivity (Wildman–Crippen MR) is 112 cm³/mol. The first kappa shape index (κ1) is 18.0. The highest BCUT2D eigenvalue weighted by atomic mass is 32.1. The molecule has 0 fully saturated rings. The molecule has 0 spiro atoms. The molecule has 0 saturated heterocycles. The number of para-hydroxylation sites is 1. The minimum atomic E-state index is 0.716. The van der Waals surface area contributed by atoms with E-state index in [4.69, 9.17) is 17.0 Å². The highest BCUT2D eigenvalue weighted by Crippen LogP contribution is 2.22. The standard InChI is InChI=1S/C22H22N2OS/c1-2-24(17-18-9-5-3-6-10-18)22(26)23-19-13-15-21(16-14-19)25-20-11-7-4-8-12-20/h3-16H,2,17H2,1H3,(H,23,26). The van der Waals surface area contributed by atoms with Crippen molar-refractivity contribution in [2.45, 2.75) is 13.5 Å². The van der Waals surface area contributed by atoms with Crippen LogP contribution in [-0.4, -0.2) is 16.6 Å². The molecule has 0 aromatic heterocycles. The van der Waals surface area contributed by atoms with Crippen LogP contribution in [0, 0.1) is 0 Å². The van der Waals surface area contributed by atoms with E-state index in [2.05, 4.69) is 29.3 Å². The minimum Gasteiger partial charge on any atom is -0.457 e. The van der Waals surface area contributed by atoms with Crippen molar-refractivity contribution in [3.63, 3.8) is 0 Å². The highest BCUT2D eigenvalue weighted by Gasteiger charge is 2.08. The number of rotatable bonds is 6. The van der Waals surface area contributed by atoms with Gasteiger partial charge in [-0.25, -0.2) is 0 Å². The number of nitrogens with one attached hydrogen (secondary N) is 1. The molecular formula is C22H22N2OS. The smallest absolute Gasteiger partial charge is 0.173 e. The number of ether oxygens (including phenoxy) is 1. The maximum Gasteiger partial charge on any atom is 0.173 e. The van der Waals surface area contributed by atoms with Crippen LogP contribution in [0.5, 0.6) is 11.5 Å². The average molecular weight is 362 g/mol. The predicted octanol–water partition coefficient (Wildman–Crippen LogP) is 5.70. The zero-order valence-electron chi connectivity index (χ0n) is 14.8. The van der Waals surface area contributed by atoms with Crippen molar-refractivity contribution < 1.29 is 4.74 Å². The fraction of sp³-hybridized carbons (Fsp3) is 0.136. The lowest BCUT2D eigenvalue weighted by Crippen LogP contribution is -2.34. The van der Waals surface area contributed by atoms with Gasteiger partial charge in [-0.05, 0) is 61.1 Å². The van der Waals surface area contributed by atoms with Gasteiger partial charge in [-0.3, -0.25) is 0 Å². The number of anilines is 1. The van der Waals surface area contributed by atoms with E-state index in [1.54, 1.807) is 0 Å². The molecule has 0 unspecified atom stereocenters. The molecule has 0 atom stereocenters. The van der Waals surface area contributed by atoms with Crippen LogP contribution in [0.15, 0.2) is 84.9 Å². The van der Waals surface area contributed by atoms with E-state index in [0.29, 0.717) is 5.11 Å². The molecule has 3 aromatic rings. The molecule has 0 aliphatic heterocycles. The van der Waals surface area contributed by atoms with Crippen molar-refractivity contribution >= 4 is 23.0 Å². The van der Waals surface area contributed by atoms with E-state index in [1.807, 2.05) is 72.8 Å². The van der Waals surface area contributed by atoms with E-state index in [9.17, 15) is 0 Å². The van der Waals surface area contributed by atoms with Gasteiger partial charge >= 0.3 is 0 Å². The van der Waals surface area contributed by atoms with Crippen molar-refractivity contribution in [1.29, 1.82) is 0 Å². The van der Waals surface area contributed by atoms with E-state index >= 15 is 0 Å². The first-order chi connectivity index (χ1) is 12.7. The summed E-state index contributed by atoms with van der Waals surface area (Å²) in [6.07, 6.45) is 0. The Kier molecular flexibility index (Phi) is 6.23. The van der Waals surface area contributed by atoms with Gasteiger partial charge in [-0.1, -0.05) is 48.5 Å². The summed E-state index contributed by atoms with van der Waals surface area (Å²) in [5.41, 5.74) is 2.19. The summed E-state index contributed by atoms with van der Waals surface area (Å²) in [4.78, 5) is 2.14. The summed E-state index contributed by atoms with van der Waals surface area (Å²) in [5, 5.41) is 4.02. The Labute approximate surface area is 160 Å². The minimum absolute atomic E-state index is 0.716. The molecule has 26 heavy (non-hydrogen) atoms. The van der Waals surface area contributed by atoms with Crippen LogP contribution in [-0.2, 0) is 6.54 Å². The van der Waals surface area contributed by atoms with E-state index in [0.717, 1.165) is 30.3 Å². The van der Waals surface area contributed by atoms with Crippen LogP contribution in [0.1, 0.15) is 12.5 Å². The van der Waals surface area contributed by atoms with Crippen LogP contribution in [0.4, 0.5) is 5.69 Å². The van der Waals surface area contributed by atoms with Gasteiger partial charge in [0, 0.05) is 18.8 Å². The largest absolute Gasteiger partial charge is 0.457 e. The zero-order chi connectivity index (χ0) is 18.2. The average Bonchev–Trinajstić information content (AvgIpc) is 2.69. The van der Waals surface area contributed by atoms with Crippen LogP contribution >= 0.6 is 12.2 Å². The lowest BCUT2D eigenvalue weighted by Gasteiger charge is -2.24. The third kappa shape index (κ3) is 5.07. The Morgan fingerprint density at radius 3 is 2.04 bits per heavy atom. The van der Waals surface area contributed by atoms with Gasteiger partial charge in [0.2, 0.25) is 0 Å². The summed E-state index contributed by atoms with van der Waals surface area (Å²) in [6, 6.07) is 27.9. The molecule has 1 N–H and O–H groups in total. The molecule has 3 aromatic carbocycles. The van der Waals surface area contributed by atoms with Crippen molar-refractivity contribution in [3.8, 4) is 11.5 Å². The lowest BCUT2D eigenvalue weighted by atomic mass is 10.2. The van der Waals surface area contributed by atoms with E-state index < -0.39 is 0 Å². The van der Waals surface area contributed by atoms with Crippen LogP contribution < -0.4 is 10.1 Å². The summed E-state index contributed by atoms with van der Waals surface area (Å²) >= 11 is 5.58. The van der Waals surface area contributed by atoms with Gasteiger partial charge in [0.1, 0.15) is 11.5 Å². The van der Waals surface area contributed by atoms with Gasteiger partial charge in [0.05, 0.1) is 0 Å². The second-order valence-corrected chi connectivity index (χ2v) is 6.26. The molecular weight excluding hydrogens is 340 g/mol. The van der Waals surface area contributed by atoms with Crippen LogP contribution in [0.25, 0.3) is 0 Å². The SMILES string of the molecule is CCN(Cc1ccccc1)C(=S)Nc1ccc(Oc2ccccc2)cc1. The van der Waals surface area contributed by atoms with Gasteiger partial charge < -0.3 is 15.0 Å². The second kappa shape index (κ2) is 9.02. The molecule has 3 rings (SSSR count).